The zero-order chi connectivity index (χ0) is 24.4. The molecule has 2 heterocycles. The Morgan fingerprint density at radius 1 is 0.971 bits per heavy atom. The number of Topliss-reactive ketones (excluding diaryl/α,β-unsaturated/α-hetero) is 1. The summed E-state index contributed by atoms with van der Waals surface area (Å²) in [7, 11) is 0. The lowest BCUT2D eigenvalue weighted by Gasteiger charge is -2.18. The number of carbonyl (C=O) groups excluding carboxylic acids is 2. The van der Waals surface area contributed by atoms with E-state index in [2.05, 4.69) is 33.9 Å². The number of benzene rings is 3. The average molecular weight is 466 g/mol. The summed E-state index contributed by atoms with van der Waals surface area (Å²) >= 11 is 0. The van der Waals surface area contributed by atoms with E-state index in [1.807, 2.05) is 24.4 Å². The van der Waals surface area contributed by atoms with Crippen molar-refractivity contribution in [1.82, 2.24) is 9.55 Å². The molecule has 0 bridgehead atoms. The maximum atomic E-state index is 13.8. The van der Waals surface area contributed by atoms with Gasteiger partial charge in [0.2, 0.25) is 5.91 Å². The van der Waals surface area contributed by atoms with Crippen LogP contribution in [0.3, 0.4) is 0 Å². The molecular weight excluding hydrogens is 441 g/mol. The molecule has 1 aliphatic heterocycles. The van der Waals surface area contributed by atoms with Crippen molar-refractivity contribution in [2.75, 3.05) is 5.32 Å². The maximum Gasteiger partial charge on any atom is 0.228 e. The highest BCUT2D eigenvalue weighted by atomic mass is 19.1. The van der Waals surface area contributed by atoms with Crippen molar-refractivity contribution in [2.45, 2.75) is 25.8 Å². The highest BCUT2D eigenvalue weighted by Crippen LogP contribution is 2.44. The lowest BCUT2D eigenvalue weighted by atomic mass is 9.91. The van der Waals surface area contributed by atoms with E-state index in [1.54, 1.807) is 48.8 Å². The molecule has 174 valence electrons. The summed E-state index contributed by atoms with van der Waals surface area (Å²) in [6, 6.07) is 23.0. The fraction of sp³-hybridized carbons (Fsp3) is 0.138. The van der Waals surface area contributed by atoms with Gasteiger partial charge in [-0.25, -0.2) is 9.37 Å². The molecule has 0 fully saturated rings. The Kier molecular flexibility index (Phi) is 6.10. The largest absolute Gasteiger partial charge is 0.326 e. The first-order valence-corrected chi connectivity index (χ1v) is 11.5. The molecule has 6 heteroatoms. The van der Waals surface area contributed by atoms with Gasteiger partial charge in [0, 0.05) is 17.7 Å². The highest BCUT2D eigenvalue weighted by molar-refractivity contribution is 6.01. The maximum absolute atomic E-state index is 13.8. The number of anilines is 1. The molecule has 1 atom stereocenters. The molecule has 0 radical (unpaired) electrons. The number of amides is 1. The molecule has 1 aromatic heterocycles. The number of halogens is 1. The Balaban J connectivity index is 1.29. The average Bonchev–Trinajstić information content (AvgIpc) is 3.44. The first-order valence-electron chi connectivity index (χ1n) is 11.5. The van der Waals surface area contributed by atoms with Gasteiger partial charge >= 0.3 is 0 Å². The second-order valence-corrected chi connectivity index (χ2v) is 8.63. The number of rotatable bonds is 7. The molecule has 1 unspecified atom stereocenters. The molecular formula is C29H24FN3O2. The van der Waals surface area contributed by atoms with Crippen LogP contribution in [0.15, 0.2) is 91.4 Å². The fourth-order valence-electron chi connectivity index (χ4n) is 4.65. The van der Waals surface area contributed by atoms with Crippen LogP contribution in [0.5, 0.6) is 0 Å². The number of fused-ring (bicyclic) bond motifs is 1. The van der Waals surface area contributed by atoms with Gasteiger partial charge in [-0.3, -0.25) is 9.59 Å². The van der Waals surface area contributed by atoms with Gasteiger partial charge in [-0.1, -0.05) is 48.5 Å². The van der Waals surface area contributed by atoms with Crippen molar-refractivity contribution >= 4 is 28.5 Å². The quantitative estimate of drug-likeness (QED) is 0.343. The third-order valence-electron chi connectivity index (χ3n) is 6.39. The Bertz CT molecular complexity index is 1420. The van der Waals surface area contributed by atoms with Gasteiger partial charge in [-0.05, 0) is 59.5 Å². The molecule has 1 aliphatic rings. The summed E-state index contributed by atoms with van der Waals surface area (Å²) < 4.78 is 15.9. The number of imidazole rings is 1. The van der Waals surface area contributed by atoms with Crippen LogP contribution in [-0.2, 0) is 11.2 Å². The van der Waals surface area contributed by atoms with E-state index in [4.69, 9.17) is 0 Å². The molecule has 1 N–H and O–H groups in total. The van der Waals surface area contributed by atoms with Crippen molar-refractivity contribution in [1.29, 1.82) is 0 Å². The molecule has 0 aliphatic carbocycles. The molecule has 0 saturated carbocycles. The Morgan fingerprint density at radius 3 is 2.43 bits per heavy atom. The summed E-state index contributed by atoms with van der Waals surface area (Å²) in [5, 5.41) is 2.76. The van der Waals surface area contributed by atoms with E-state index in [0.29, 0.717) is 23.2 Å². The summed E-state index contributed by atoms with van der Waals surface area (Å²) in [4.78, 5) is 29.8. The zero-order valence-electron chi connectivity index (χ0n) is 19.2. The Hall–Kier alpha value is -4.32. The monoisotopic (exact) mass is 465 g/mol. The van der Waals surface area contributed by atoms with Gasteiger partial charge < -0.3 is 9.88 Å². The minimum atomic E-state index is -0.407. The smallest absolute Gasteiger partial charge is 0.228 e. The molecule has 0 saturated heterocycles. The Labute approximate surface area is 203 Å². The van der Waals surface area contributed by atoms with Crippen molar-refractivity contribution in [3.05, 3.63) is 120 Å². The normalized spacial score (nSPS) is 14.6. The van der Waals surface area contributed by atoms with Gasteiger partial charge in [0.15, 0.2) is 5.78 Å². The van der Waals surface area contributed by atoms with Crippen molar-refractivity contribution < 1.29 is 14.0 Å². The van der Waals surface area contributed by atoms with Crippen LogP contribution >= 0.6 is 0 Å². The minimum absolute atomic E-state index is 0.00187. The van der Waals surface area contributed by atoms with Crippen LogP contribution in [0, 0.1) is 5.82 Å². The number of carbonyl (C=O) groups is 2. The standard InChI is InChI=1S/C29H24FN3O2/c1-19-26-17-31-18-33(26)25(29(19)21-7-3-2-4-8-21)16-27(34)20-11-13-23(14-12-20)32-28(35)15-22-9-5-6-10-24(22)30/h2-14,17-18,25H,15-16H2,1H3,(H,32,35). The Morgan fingerprint density at radius 2 is 1.69 bits per heavy atom. The van der Waals surface area contributed by atoms with Crippen LogP contribution in [0.2, 0.25) is 0 Å². The van der Waals surface area contributed by atoms with Crippen molar-refractivity contribution in [3.63, 3.8) is 0 Å². The molecule has 0 spiro atoms. The van der Waals surface area contributed by atoms with E-state index < -0.39 is 5.82 Å². The predicted molar refractivity (Wildman–Crippen MR) is 134 cm³/mol. The van der Waals surface area contributed by atoms with Crippen LogP contribution in [0.25, 0.3) is 11.1 Å². The second-order valence-electron chi connectivity index (χ2n) is 8.63. The third-order valence-corrected chi connectivity index (χ3v) is 6.39. The van der Waals surface area contributed by atoms with E-state index in [-0.39, 0.29) is 24.2 Å². The highest BCUT2D eigenvalue weighted by Gasteiger charge is 2.31. The van der Waals surface area contributed by atoms with Crippen LogP contribution in [0.4, 0.5) is 10.1 Å². The van der Waals surface area contributed by atoms with Gasteiger partial charge in [-0.15, -0.1) is 0 Å². The summed E-state index contributed by atoms with van der Waals surface area (Å²) in [5.74, 6) is -0.724. The first-order chi connectivity index (χ1) is 17.0. The van der Waals surface area contributed by atoms with Crippen molar-refractivity contribution in [2.24, 2.45) is 0 Å². The number of nitrogens with one attached hydrogen (secondary N) is 1. The summed E-state index contributed by atoms with van der Waals surface area (Å²) in [5.41, 5.74) is 5.84. The van der Waals surface area contributed by atoms with Crippen LogP contribution in [-0.4, -0.2) is 21.2 Å². The number of allylic oxidation sites excluding steroid dienone is 2. The molecule has 35 heavy (non-hydrogen) atoms. The summed E-state index contributed by atoms with van der Waals surface area (Å²) in [6.07, 6.45) is 3.85. The SMILES string of the molecule is CC1=C(c2ccccc2)C(CC(=O)c2ccc(NC(=O)Cc3ccccc3F)cc2)n2cncc21. The first kappa shape index (κ1) is 22.5. The lowest BCUT2D eigenvalue weighted by molar-refractivity contribution is -0.115. The van der Waals surface area contributed by atoms with E-state index >= 15 is 0 Å². The second kappa shape index (κ2) is 9.50. The van der Waals surface area contributed by atoms with Gasteiger partial charge in [0.05, 0.1) is 30.7 Å². The fourth-order valence-corrected chi connectivity index (χ4v) is 4.65. The molecule has 1 amide bonds. The number of nitrogens with zero attached hydrogens (tertiary/aromatic N) is 2. The molecule has 4 aromatic rings. The third kappa shape index (κ3) is 4.55. The molecule has 3 aromatic carbocycles. The lowest BCUT2D eigenvalue weighted by Crippen LogP contribution is -2.15. The molecule has 5 rings (SSSR count). The van der Waals surface area contributed by atoms with E-state index in [1.165, 1.54) is 6.07 Å². The topological polar surface area (TPSA) is 64.0 Å². The van der Waals surface area contributed by atoms with Crippen molar-refractivity contribution in [3.8, 4) is 0 Å². The van der Waals surface area contributed by atoms with Crippen LogP contribution in [0.1, 0.15) is 46.6 Å². The van der Waals surface area contributed by atoms with Gasteiger partial charge in [-0.2, -0.15) is 0 Å². The van der Waals surface area contributed by atoms with E-state index in [9.17, 15) is 14.0 Å². The minimum Gasteiger partial charge on any atom is -0.326 e. The van der Waals surface area contributed by atoms with Gasteiger partial charge in [0.25, 0.3) is 0 Å². The summed E-state index contributed by atoms with van der Waals surface area (Å²) in [6.45, 7) is 2.07. The number of hydrogen-bond acceptors (Lipinski definition) is 3. The number of aromatic nitrogens is 2. The number of hydrogen-bond donors (Lipinski definition) is 1. The number of ketones is 1. The van der Waals surface area contributed by atoms with Crippen LogP contribution < -0.4 is 5.32 Å². The molecule has 5 nitrogen and oxygen atoms in total. The van der Waals surface area contributed by atoms with Gasteiger partial charge in [0.1, 0.15) is 5.82 Å². The zero-order valence-corrected chi connectivity index (χ0v) is 19.2. The predicted octanol–water partition coefficient (Wildman–Crippen LogP) is 5.96. The van der Waals surface area contributed by atoms with E-state index in [0.717, 1.165) is 22.4 Å².